The second-order valence-electron chi connectivity index (χ2n) is 6.31. The SMILES string of the molecule is Cc1cn(/C=C/C2CCCCC2)c2c1C(=O)C(F)(F)CC2. The first-order valence-corrected chi connectivity index (χ1v) is 7.80. The molecule has 0 aliphatic heterocycles. The number of Topliss-reactive ketones (excluding diaryl/α,β-unsaturated/α-hetero) is 1. The number of fused-ring (bicyclic) bond motifs is 1. The van der Waals surface area contributed by atoms with Crippen molar-refractivity contribution < 1.29 is 13.6 Å². The van der Waals surface area contributed by atoms with Crippen LogP contribution in [0.1, 0.15) is 60.1 Å². The molecule has 1 saturated carbocycles. The lowest BCUT2D eigenvalue weighted by Crippen LogP contribution is -2.34. The number of alkyl halides is 2. The van der Waals surface area contributed by atoms with E-state index in [1.807, 2.05) is 17.0 Å². The molecule has 0 bridgehead atoms. The van der Waals surface area contributed by atoms with Crippen LogP contribution in [0.2, 0.25) is 0 Å². The highest BCUT2D eigenvalue weighted by atomic mass is 19.3. The highest BCUT2D eigenvalue weighted by Crippen LogP contribution is 2.35. The van der Waals surface area contributed by atoms with Gasteiger partial charge >= 0.3 is 5.92 Å². The number of ketones is 1. The standard InChI is InChI=1S/C17H21F2NO/c1-12-11-20(10-8-13-5-3-2-4-6-13)14-7-9-17(18,19)16(21)15(12)14/h8,10-11,13H,2-7,9H2,1H3/b10-8+. The molecule has 0 N–H and O–H groups in total. The van der Waals surface area contributed by atoms with E-state index in [-0.39, 0.29) is 18.4 Å². The van der Waals surface area contributed by atoms with E-state index in [4.69, 9.17) is 0 Å². The third-order valence-corrected chi connectivity index (χ3v) is 4.73. The summed E-state index contributed by atoms with van der Waals surface area (Å²) in [7, 11) is 0. The second-order valence-corrected chi connectivity index (χ2v) is 6.31. The molecule has 2 aliphatic rings. The summed E-state index contributed by atoms with van der Waals surface area (Å²) >= 11 is 0. The molecular weight excluding hydrogens is 272 g/mol. The van der Waals surface area contributed by atoms with Crippen molar-refractivity contribution >= 4 is 12.0 Å². The topological polar surface area (TPSA) is 22.0 Å². The zero-order valence-electron chi connectivity index (χ0n) is 12.4. The maximum atomic E-state index is 13.6. The molecule has 2 nitrogen and oxygen atoms in total. The number of aryl methyl sites for hydroxylation is 1. The van der Waals surface area contributed by atoms with E-state index >= 15 is 0 Å². The summed E-state index contributed by atoms with van der Waals surface area (Å²) in [5, 5.41) is 0. The molecule has 1 fully saturated rings. The van der Waals surface area contributed by atoms with Gasteiger partial charge in [0.05, 0.1) is 0 Å². The van der Waals surface area contributed by atoms with Gasteiger partial charge in [0.2, 0.25) is 5.78 Å². The highest BCUT2D eigenvalue weighted by Gasteiger charge is 2.45. The zero-order valence-corrected chi connectivity index (χ0v) is 12.4. The molecule has 0 unspecified atom stereocenters. The Bertz CT molecular complexity index is 580. The number of carbonyl (C=O) groups is 1. The number of hydrogen-bond acceptors (Lipinski definition) is 1. The monoisotopic (exact) mass is 293 g/mol. The molecule has 4 heteroatoms. The van der Waals surface area contributed by atoms with Crippen LogP contribution in [0, 0.1) is 12.8 Å². The van der Waals surface area contributed by atoms with Gasteiger partial charge in [0, 0.05) is 30.1 Å². The number of allylic oxidation sites excluding steroid dienone is 1. The van der Waals surface area contributed by atoms with E-state index in [0.717, 1.165) is 5.69 Å². The van der Waals surface area contributed by atoms with Gasteiger partial charge in [-0.3, -0.25) is 4.79 Å². The van der Waals surface area contributed by atoms with Crippen molar-refractivity contribution in [3.05, 3.63) is 29.1 Å². The van der Waals surface area contributed by atoms with Crippen LogP contribution in [-0.2, 0) is 6.42 Å². The lowest BCUT2D eigenvalue weighted by Gasteiger charge is -2.22. The molecular formula is C17H21F2NO. The molecule has 1 aromatic rings. The Kier molecular flexibility index (Phi) is 3.72. The second kappa shape index (κ2) is 5.39. The molecule has 21 heavy (non-hydrogen) atoms. The van der Waals surface area contributed by atoms with Crippen molar-refractivity contribution in [2.75, 3.05) is 0 Å². The van der Waals surface area contributed by atoms with Crippen molar-refractivity contribution in [1.82, 2.24) is 4.57 Å². The van der Waals surface area contributed by atoms with Crippen LogP contribution in [-0.4, -0.2) is 16.3 Å². The Balaban J connectivity index is 1.87. The fourth-order valence-electron chi connectivity index (χ4n) is 3.52. The fourth-order valence-corrected chi connectivity index (χ4v) is 3.52. The third-order valence-electron chi connectivity index (χ3n) is 4.73. The molecule has 0 spiro atoms. The number of hydrogen-bond donors (Lipinski definition) is 0. The summed E-state index contributed by atoms with van der Waals surface area (Å²) in [5.41, 5.74) is 1.64. The highest BCUT2D eigenvalue weighted by molar-refractivity contribution is 6.04. The number of nitrogens with zero attached hydrogens (tertiary/aromatic N) is 1. The normalized spacial score (nSPS) is 22.7. The lowest BCUT2D eigenvalue weighted by atomic mass is 9.89. The van der Waals surface area contributed by atoms with Crippen molar-refractivity contribution in [3.8, 4) is 0 Å². The Morgan fingerprint density at radius 2 is 2.00 bits per heavy atom. The molecule has 2 aliphatic carbocycles. The summed E-state index contributed by atoms with van der Waals surface area (Å²) in [5.74, 6) is -3.62. The lowest BCUT2D eigenvalue weighted by molar-refractivity contribution is 0.00170. The Hall–Kier alpha value is -1.45. The van der Waals surface area contributed by atoms with Crippen molar-refractivity contribution in [2.45, 2.75) is 57.8 Å². The predicted molar refractivity (Wildman–Crippen MR) is 78.7 cm³/mol. The molecule has 114 valence electrons. The van der Waals surface area contributed by atoms with Gasteiger partial charge in [0.15, 0.2) is 0 Å². The number of aromatic nitrogens is 1. The van der Waals surface area contributed by atoms with Crippen molar-refractivity contribution in [1.29, 1.82) is 0 Å². The van der Waals surface area contributed by atoms with Gasteiger partial charge in [-0.25, -0.2) is 0 Å². The maximum absolute atomic E-state index is 13.6. The van der Waals surface area contributed by atoms with E-state index < -0.39 is 11.7 Å². The van der Waals surface area contributed by atoms with E-state index in [9.17, 15) is 13.6 Å². The van der Waals surface area contributed by atoms with Gasteiger partial charge in [-0.2, -0.15) is 8.78 Å². The van der Waals surface area contributed by atoms with Gasteiger partial charge in [-0.15, -0.1) is 0 Å². The minimum absolute atomic E-state index is 0.236. The van der Waals surface area contributed by atoms with Crippen LogP contribution in [0.15, 0.2) is 12.3 Å². The van der Waals surface area contributed by atoms with E-state index in [1.165, 1.54) is 32.1 Å². The predicted octanol–water partition coefficient (Wildman–Crippen LogP) is 4.61. The van der Waals surface area contributed by atoms with Crippen LogP contribution < -0.4 is 0 Å². The average Bonchev–Trinajstić information content (AvgIpc) is 2.79. The minimum Gasteiger partial charge on any atom is -0.327 e. The fraction of sp³-hybridized carbons (Fsp3) is 0.588. The maximum Gasteiger partial charge on any atom is 0.310 e. The van der Waals surface area contributed by atoms with Gasteiger partial charge in [-0.05, 0) is 37.7 Å². The number of carbonyl (C=O) groups excluding carboxylic acids is 1. The van der Waals surface area contributed by atoms with Crippen molar-refractivity contribution in [2.24, 2.45) is 5.92 Å². The van der Waals surface area contributed by atoms with Crippen LogP contribution in [0.25, 0.3) is 6.20 Å². The van der Waals surface area contributed by atoms with Crippen LogP contribution >= 0.6 is 0 Å². The van der Waals surface area contributed by atoms with Gasteiger partial charge in [0.25, 0.3) is 0 Å². The summed E-state index contributed by atoms with van der Waals surface area (Å²) < 4.78 is 29.0. The van der Waals surface area contributed by atoms with Gasteiger partial charge < -0.3 is 4.57 Å². The average molecular weight is 293 g/mol. The first-order chi connectivity index (χ1) is 9.99. The van der Waals surface area contributed by atoms with Crippen molar-refractivity contribution in [3.63, 3.8) is 0 Å². The van der Waals surface area contributed by atoms with Crippen LogP contribution in [0.4, 0.5) is 8.78 Å². The molecule has 0 saturated heterocycles. The molecule has 0 radical (unpaired) electrons. The molecule has 3 rings (SSSR count). The largest absolute Gasteiger partial charge is 0.327 e. The minimum atomic E-state index is -3.20. The molecule has 1 aromatic heterocycles. The van der Waals surface area contributed by atoms with E-state index in [2.05, 4.69) is 6.08 Å². The Morgan fingerprint density at radius 3 is 2.71 bits per heavy atom. The summed E-state index contributed by atoms with van der Waals surface area (Å²) in [6, 6.07) is 0. The van der Waals surface area contributed by atoms with Gasteiger partial charge in [0.1, 0.15) is 0 Å². The Labute approximate surface area is 123 Å². The van der Waals surface area contributed by atoms with Crippen LogP contribution in [0.3, 0.4) is 0 Å². The zero-order chi connectivity index (χ0) is 15.0. The molecule has 0 amide bonds. The molecule has 1 heterocycles. The molecule has 0 atom stereocenters. The molecule has 0 aromatic carbocycles. The van der Waals surface area contributed by atoms with Crippen LogP contribution in [0.5, 0.6) is 0 Å². The number of rotatable bonds is 2. The smallest absolute Gasteiger partial charge is 0.310 e. The first kappa shape index (κ1) is 14.5. The summed E-state index contributed by atoms with van der Waals surface area (Å²) in [6.45, 7) is 1.74. The summed E-state index contributed by atoms with van der Waals surface area (Å²) in [4.78, 5) is 11.9. The third kappa shape index (κ3) is 2.68. The number of halogens is 2. The van der Waals surface area contributed by atoms with E-state index in [1.54, 1.807) is 6.92 Å². The Morgan fingerprint density at radius 1 is 1.29 bits per heavy atom. The summed E-state index contributed by atoms with van der Waals surface area (Å²) in [6.07, 6.45) is 12.1. The van der Waals surface area contributed by atoms with E-state index in [0.29, 0.717) is 11.5 Å². The quantitative estimate of drug-likeness (QED) is 0.780. The van der Waals surface area contributed by atoms with Gasteiger partial charge in [-0.1, -0.05) is 25.3 Å². The first-order valence-electron chi connectivity index (χ1n) is 7.80.